The van der Waals surface area contributed by atoms with E-state index in [-0.39, 0.29) is 5.88 Å². The van der Waals surface area contributed by atoms with Crippen molar-refractivity contribution >= 4 is 35.0 Å². The largest absolute Gasteiger partial charge is 0.420 e. The number of nitrogens with zero attached hydrogens (tertiary/aromatic N) is 1. The van der Waals surface area contributed by atoms with Crippen LogP contribution in [-0.4, -0.2) is 10.9 Å². The number of anilines is 1. The van der Waals surface area contributed by atoms with Crippen molar-refractivity contribution in [2.75, 3.05) is 5.32 Å². The monoisotopic (exact) mass is 408 g/mol. The molecule has 1 amide bonds. The summed E-state index contributed by atoms with van der Waals surface area (Å²) in [5.41, 5.74) is 2.51. The van der Waals surface area contributed by atoms with Gasteiger partial charge in [-0.1, -0.05) is 71.7 Å². The summed E-state index contributed by atoms with van der Waals surface area (Å²) in [4.78, 5) is 17.3. The third kappa shape index (κ3) is 3.93. The van der Waals surface area contributed by atoms with Gasteiger partial charge in [0.05, 0.1) is 0 Å². The lowest BCUT2D eigenvalue weighted by molar-refractivity contribution is 0.102. The Morgan fingerprint density at radius 2 is 1.39 bits per heavy atom. The normalized spacial score (nSPS) is 10.6. The summed E-state index contributed by atoms with van der Waals surface area (Å²) >= 11 is 12.0. The molecular weight excluding hydrogens is 395 g/mol. The third-order valence-corrected chi connectivity index (χ3v) is 4.48. The summed E-state index contributed by atoms with van der Waals surface area (Å²) in [6.07, 6.45) is 0. The van der Waals surface area contributed by atoms with Gasteiger partial charge in [-0.15, -0.1) is 0 Å². The molecule has 1 aromatic heterocycles. The van der Waals surface area contributed by atoms with Crippen molar-refractivity contribution in [1.82, 2.24) is 4.98 Å². The van der Waals surface area contributed by atoms with Gasteiger partial charge in [-0.05, 0) is 30.3 Å². The van der Waals surface area contributed by atoms with E-state index in [1.54, 1.807) is 18.2 Å². The number of carbonyl (C=O) groups is 1. The molecule has 0 saturated carbocycles. The molecule has 0 bridgehead atoms. The van der Waals surface area contributed by atoms with E-state index in [1.165, 1.54) is 0 Å². The summed E-state index contributed by atoms with van der Waals surface area (Å²) in [5, 5.41) is 3.54. The van der Waals surface area contributed by atoms with Gasteiger partial charge in [0.15, 0.2) is 0 Å². The average Bonchev–Trinajstić information content (AvgIpc) is 3.12. The SMILES string of the molecule is O=C(Nc1oc(-c2ccccc2)nc1-c1ccccc1)c1cc(Cl)cc(Cl)c1. The second-order valence-electron chi connectivity index (χ2n) is 6.04. The molecule has 0 unspecified atom stereocenters. The Labute approximate surface area is 171 Å². The van der Waals surface area contributed by atoms with Crippen molar-refractivity contribution < 1.29 is 9.21 Å². The Bertz CT molecular complexity index is 1110. The Hall–Kier alpha value is -3.08. The highest BCUT2D eigenvalue weighted by molar-refractivity contribution is 6.35. The van der Waals surface area contributed by atoms with Crippen LogP contribution in [0.1, 0.15) is 10.4 Å². The molecule has 0 aliphatic rings. The fraction of sp³-hybridized carbons (Fsp3) is 0. The summed E-state index contributed by atoms with van der Waals surface area (Å²) in [7, 11) is 0. The van der Waals surface area contributed by atoms with Gasteiger partial charge in [-0.25, -0.2) is 4.98 Å². The van der Waals surface area contributed by atoms with Gasteiger partial charge in [-0.3, -0.25) is 10.1 Å². The maximum Gasteiger partial charge on any atom is 0.258 e. The first kappa shape index (κ1) is 18.3. The fourth-order valence-electron chi connectivity index (χ4n) is 2.76. The molecule has 0 aliphatic carbocycles. The molecular formula is C22H14Cl2N2O2. The van der Waals surface area contributed by atoms with E-state index in [9.17, 15) is 4.79 Å². The van der Waals surface area contributed by atoms with Gasteiger partial charge >= 0.3 is 0 Å². The number of aromatic nitrogens is 1. The number of amides is 1. The molecule has 0 aliphatic heterocycles. The topological polar surface area (TPSA) is 55.1 Å². The van der Waals surface area contributed by atoms with E-state index in [1.807, 2.05) is 60.7 Å². The van der Waals surface area contributed by atoms with Gasteiger partial charge in [0.2, 0.25) is 11.8 Å². The van der Waals surface area contributed by atoms with Crippen LogP contribution in [0.3, 0.4) is 0 Å². The Morgan fingerprint density at radius 1 is 0.821 bits per heavy atom. The van der Waals surface area contributed by atoms with Crippen LogP contribution >= 0.6 is 23.2 Å². The molecule has 0 spiro atoms. The summed E-state index contributed by atoms with van der Waals surface area (Å²) in [6, 6.07) is 23.6. The minimum absolute atomic E-state index is 0.256. The van der Waals surface area contributed by atoms with Crippen LogP contribution < -0.4 is 5.32 Å². The number of nitrogens with one attached hydrogen (secondary N) is 1. The average molecular weight is 409 g/mol. The van der Waals surface area contributed by atoms with E-state index in [4.69, 9.17) is 27.6 Å². The fourth-order valence-corrected chi connectivity index (χ4v) is 3.29. The Kier molecular flexibility index (Phi) is 5.15. The minimum Gasteiger partial charge on any atom is -0.420 e. The lowest BCUT2D eigenvalue weighted by Crippen LogP contribution is -2.12. The predicted octanol–water partition coefficient (Wildman–Crippen LogP) is 6.57. The minimum atomic E-state index is -0.391. The van der Waals surface area contributed by atoms with E-state index in [0.717, 1.165) is 11.1 Å². The molecule has 3 aromatic carbocycles. The van der Waals surface area contributed by atoms with Crippen LogP contribution in [0.25, 0.3) is 22.7 Å². The maximum absolute atomic E-state index is 12.7. The summed E-state index contributed by atoms with van der Waals surface area (Å²) in [5.74, 6) is 0.280. The molecule has 138 valence electrons. The van der Waals surface area contributed by atoms with Gasteiger partial charge in [0, 0.05) is 26.7 Å². The Balaban J connectivity index is 1.74. The molecule has 4 aromatic rings. The molecule has 1 heterocycles. The highest BCUT2D eigenvalue weighted by atomic mass is 35.5. The lowest BCUT2D eigenvalue weighted by atomic mass is 10.1. The zero-order valence-electron chi connectivity index (χ0n) is 14.5. The molecule has 0 radical (unpaired) electrons. The molecule has 4 rings (SSSR count). The van der Waals surface area contributed by atoms with Crippen molar-refractivity contribution in [3.05, 3.63) is 94.5 Å². The first-order valence-electron chi connectivity index (χ1n) is 8.49. The second-order valence-corrected chi connectivity index (χ2v) is 6.91. The van der Waals surface area contributed by atoms with Gasteiger partial charge < -0.3 is 4.42 Å². The number of halogens is 2. The van der Waals surface area contributed by atoms with Crippen LogP contribution in [-0.2, 0) is 0 Å². The molecule has 28 heavy (non-hydrogen) atoms. The van der Waals surface area contributed by atoms with Crippen molar-refractivity contribution in [3.63, 3.8) is 0 Å². The second kappa shape index (κ2) is 7.89. The van der Waals surface area contributed by atoms with E-state index in [0.29, 0.717) is 27.2 Å². The number of carbonyl (C=O) groups excluding carboxylic acids is 1. The number of rotatable bonds is 4. The molecule has 1 N–H and O–H groups in total. The summed E-state index contributed by atoms with van der Waals surface area (Å²) in [6.45, 7) is 0. The highest BCUT2D eigenvalue weighted by Crippen LogP contribution is 2.33. The molecule has 0 saturated heterocycles. The molecule has 4 nitrogen and oxygen atoms in total. The van der Waals surface area contributed by atoms with Crippen molar-refractivity contribution in [2.24, 2.45) is 0 Å². The first-order valence-corrected chi connectivity index (χ1v) is 9.25. The van der Waals surface area contributed by atoms with Crippen LogP contribution in [0.5, 0.6) is 0 Å². The van der Waals surface area contributed by atoms with Crippen LogP contribution in [0, 0.1) is 0 Å². The zero-order chi connectivity index (χ0) is 19.5. The highest BCUT2D eigenvalue weighted by Gasteiger charge is 2.19. The Morgan fingerprint density at radius 3 is 2.00 bits per heavy atom. The van der Waals surface area contributed by atoms with Gasteiger partial charge in [0.25, 0.3) is 5.91 Å². The van der Waals surface area contributed by atoms with E-state index < -0.39 is 5.91 Å². The third-order valence-electron chi connectivity index (χ3n) is 4.05. The lowest BCUT2D eigenvalue weighted by Gasteiger charge is -2.05. The first-order chi connectivity index (χ1) is 13.6. The molecule has 6 heteroatoms. The van der Waals surface area contributed by atoms with E-state index in [2.05, 4.69) is 10.3 Å². The zero-order valence-corrected chi connectivity index (χ0v) is 16.0. The summed E-state index contributed by atoms with van der Waals surface area (Å²) < 4.78 is 5.90. The van der Waals surface area contributed by atoms with Gasteiger partial charge in [-0.2, -0.15) is 0 Å². The standard InChI is InChI=1S/C22H14Cl2N2O2/c23-17-11-16(12-18(24)13-17)20(27)26-22-19(14-7-3-1-4-8-14)25-21(28-22)15-9-5-2-6-10-15/h1-13H,(H,26,27). The predicted molar refractivity (Wildman–Crippen MR) is 112 cm³/mol. The maximum atomic E-state index is 12.7. The molecule has 0 fully saturated rings. The number of oxazole rings is 1. The van der Waals surface area contributed by atoms with Crippen molar-refractivity contribution in [1.29, 1.82) is 0 Å². The number of hydrogen-bond donors (Lipinski definition) is 1. The van der Waals surface area contributed by atoms with Gasteiger partial charge in [0.1, 0.15) is 5.69 Å². The number of hydrogen-bond acceptors (Lipinski definition) is 3. The van der Waals surface area contributed by atoms with Crippen molar-refractivity contribution in [3.8, 4) is 22.7 Å². The molecule has 0 atom stereocenters. The van der Waals surface area contributed by atoms with Crippen LogP contribution in [0.4, 0.5) is 5.88 Å². The van der Waals surface area contributed by atoms with Crippen LogP contribution in [0.15, 0.2) is 83.3 Å². The number of benzene rings is 3. The van der Waals surface area contributed by atoms with Crippen molar-refractivity contribution in [2.45, 2.75) is 0 Å². The quantitative estimate of drug-likeness (QED) is 0.415. The van der Waals surface area contributed by atoms with E-state index >= 15 is 0 Å². The smallest absolute Gasteiger partial charge is 0.258 e. The van der Waals surface area contributed by atoms with Crippen LogP contribution in [0.2, 0.25) is 10.0 Å².